The molecular weight excluding hydrogens is 139 g/mol. The Bertz CT molecular complexity index is 187. The SMILES string of the molecule is C=C(/C=C(/F)C(=C)C)CCC. The van der Waals surface area contributed by atoms with Gasteiger partial charge in [-0.25, -0.2) is 4.39 Å². The molecule has 0 atom stereocenters. The first-order valence-corrected chi connectivity index (χ1v) is 3.78. The molecule has 0 fully saturated rings. The van der Waals surface area contributed by atoms with E-state index in [2.05, 4.69) is 13.2 Å². The summed E-state index contributed by atoms with van der Waals surface area (Å²) < 4.78 is 12.8. The minimum atomic E-state index is -0.261. The molecule has 0 amide bonds. The van der Waals surface area contributed by atoms with Crippen LogP contribution in [-0.4, -0.2) is 0 Å². The van der Waals surface area contributed by atoms with Gasteiger partial charge in [0.2, 0.25) is 0 Å². The largest absolute Gasteiger partial charge is 0.207 e. The fraction of sp³-hybridized carbons (Fsp3) is 0.400. The quantitative estimate of drug-likeness (QED) is 0.541. The van der Waals surface area contributed by atoms with Crippen molar-refractivity contribution in [2.75, 3.05) is 0 Å². The molecule has 0 spiro atoms. The number of hydrogen-bond donors (Lipinski definition) is 0. The van der Waals surface area contributed by atoms with Gasteiger partial charge in [-0.3, -0.25) is 0 Å². The molecule has 11 heavy (non-hydrogen) atoms. The van der Waals surface area contributed by atoms with Crippen LogP contribution in [-0.2, 0) is 0 Å². The Hall–Kier alpha value is -0.850. The third-order valence-electron chi connectivity index (χ3n) is 1.31. The summed E-state index contributed by atoms with van der Waals surface area (Å²) in [4.78, 5) is 0. The van der Waals surface area contributed by atoms with Gasteiger partial charge in [-0.05, 0) is 25.0 Å². The van der Waals surface area contributed by atoms with Crippen LogP contribution in [0.2, 0.25) is 0 Å². The van der Waals surface area contributed by atoms with E-state index in [4.69, 9.17) is 0 Å². The van der Waals surface area contributed by atoms with Crippen molar-refractivity contribution in [2.24, 2.45) is 0 Å². The second kappa shape index (κ2) is 4.89. The molecule has 62 valence electrons. The second-order valence-corrected chi connectivity index (χ2v) is 2.68. The smallest absolute Gasteiger partial charge is 0.125 e. The fourth-order valence-electron chi connectivity index (χ4n) is 0.696. The molecule has 0 heterocycles. The highest BCUT2D eigenvalue weighted by molar-refractivity contribution is 5.28. The average Bonchev–Trinajstić information content (AvgIpc) is 1.87. The van der Waals surface area contributed by atoms with E-state index < -0.39 is 0 Å². The predicted octanol–water partition coefficient (Wildman–Crippen LogP) is 3.77. The summed E-state index contributed by atoms with van der Waals surface area (Å²) in [5.74, 6) is -0.261. The van der Waals surface area contributed by atoms with Crippen LogP contribution in [0.5, 0.6) is 0 Å². The molecule has 0 radical (unpaired) electrons. The molecule has 0 saturated heterocycles. The summed E-state index contributed by atoms with van der Waals surface area (Å²) in [7, 11) is 0. The Morgan fingerprint density at radius 3 is 2.36 bits per heavy atom. The lowest BCUT2D eigenvalue weighted by atomic mass is 10.1. The molecule has 1 heteroatoms. The number of halogens is 1. The van der Waals surface area contributed by atoms with Crippen LogP contribution in [0.4, 0.5) is 4.39 Å². The van der Waals surface area contributed by atoms with Crippen LogP contribution in [0.15, 0.2) is 36.2 Å². The highest BCUT2D eigenvalue weighted by atomic mass is 19.1. The number of allylic oxidation sites excluding steroid dienone is 4. The predicted molar refractivity (Wildman–Crippen MR) is 48.1 cm³/mol. The zero-order valence-electron chi connectivity index (χ0n) is 7.28. The van der Waals surface area contributed by atoms with Gasteiger partial charge < -0.3 is 0 Å². The van der Waals surface area contributed by atoms with Gasteiger partial charge in [-0.15, -0.1) is 0 Å². The first-order valence-electron chi connectivity index (χ1n) is 3.78. The van der Waals surface area contributed by atoms with E-state index in [1.54, 1.807) is 6.92 Å². The highest BCUT2D eigenvalue weighted by Crippen LogP contribution is 2.13. The van der Waals surface area contributed by atoms with Gasteiger partial charge in [0.25, 0.3) is 0 Å². The Morgan fingerprint density at radius 2 is 2.00 bits per heavy atom. The molecule has 0 aliphatic carbocycles. The molecule has 0 aromatic heterocycles. The highest BCUT2D eigenvalue weighted by Gasteiger charge is 1.95. The molecule has 0 rings (SSSR count). The van der Waals surface area contributed by atoms with Gasteiger partial charge in [0.05, 0.1) is 0 Å². The van der Waals surface area contributed by atoms with E-state index >= 15 is 0 Å². The first-order chi connectivity index (χ1) is 5.07. The van der Waals surface area contributed by atoms with Crippen molar-refractivity contribution >= 4 is 0 Å². The fourth-order valence-corrected chi connectivity index (χ4v) is 0.696. The van der Waals surface area contributed by atoms with Crippen molar-refractivity contribution in [3.8, 4) is 0 Å². The molecule has 0 N–H and O–H groups in total. The normalized spacial score (nSPS) is 11.4. The zero-order valence-corrected chi connectivity index (χ0v) is 7.28. The molecule has 0 bridgehead atoms. The summed E-state index contributed by atoms with van der Waals surface area (Å²) in [5.41, 5.74) is 1.29. The molecular formula is C10H15F. The van der Waals surface area contributed by atoms with Gasteiger partial charge >= 0.3 is 0 Å². The maximum absolute atomic E-state index is 12.8. The summed E-state index contributed by atoms with van der Waals surface area (Å²) >= 11 is 0. The first kappa shape index (κ1) is 10.2. The topological polar surface area (TPSA) is 0 Å². The van der Waals surface area contributed by atoms with Crippen molar-refractivity contribution < 1.29 is 4.39 Å². The van der Waals surface area contributed by atoms with E-state index in [1.165, 1.54) is 6.08 Å². The van der Waals surface area contributed by atoms with Gasteiger partial charge in [0.1, 0.15) is 5.83 Å². The van der Waals surface area contributed by atoms with E-state index in [9.17, 15) is 4.39 Å². The van der Waals surface area contributed by atoms with E-state index in [0.29, 0.717) is 5.57 Å². The van der Waals surface area contributed by atoms with Crippen LogP contribution in [0.3, 0.4) is 0 Å². The maximum atomic E-state index is 12.8. The number of hydrogen-bond acceptors (Lipinski definition) is 0. The van der Waals surface area contributed by atoms with Crippen molar-refractivity contribution in [1.82, 2.24) is 0 Å². The van der Waals surface area contributed by atoms with Crippen LogP contribution < -0.4 is 0 Å². The molecule has 0 aliphatic heterocycles. The standard InChI is InChI=1S/C10H15F/c1-5-6-9(4)7-10(11)8(2)3/h7H,2,4-6H2,1,3H3/b10-7+. The van der Waals surface area contributed by atoms with Crippen molar-refractivity contribution in [3.05, 3.63) is 36.2 Å². The Morgan fingerprint density at radius 1 is 1.45 bits per heavy atom. The maximum Gasteiger partial charge on any atom is 0.125 e. The van der Waals surface area contributed by atoms with Crippen molar-refractivity contribution in [1.29, 1.82) is 0 Å². The summed E-state index contributed by atoms with van der Waals surface area (Å²) in [6.45, 7) is 10.9. The van der Waals surface area contributed by atoms with Gasteiger partial charge in [-0.2, -0.15) is 0 Å². The summed E-state index contributed by atoms with van der Waals surface area (Å²) in [6, 6.07) is 0. The third kappa shape index (κ3) is 4.54. The molecule has 0 aromatic carbocycles. The van der Waals surface area contributed by atoms with E-state index in [1.807, 2.05) is 6.92 Å². The molecule has 0 unspecified atom stereocenters. The average molecular weight is 154 g/mol. The Kier molecular flexibility index (Phi) is 4.51. The third-order valence-corrected chi connectivity index (χ3v) is 1.31. The monoisotopic (exact) mass is 154 g/mol. The lowest BCUT2D eigenvalue weighted by Gasteiger charge is -1.97. The Balaban J connectivity index is 4.08. The van der Waals surface area contributed by atoms with Crippen LogP contribution >= 0.6 is 0 Å². The summed E-state index contributed by atoms with van der Waals surface area (Å²) in [5, 5.41) is 0. The Labute approximate surface area is 68.1 Å². The van der Waals surface area contributed by atoms with Gasteiger partial charge in [-0.1, -0.05) is 32.1 Å². The molecule has 0 saturated carbocycles. The molecule has 0 aliphatic rings. The molecule has 0 nitrogen and oxygen atoms in total. The van der Waals surface area contributed by atoms with Gasteiger partial charge in [0.15, 0.2) is 0 Å². The second-order valence-electron chi connectivity index (χ2n) is 2.68. The molecule has 0 aromatic rings. The van der Waals surface area contributed by atoms with Crippen molar-refractivity contribution in [3.63, 3.8) is 0 Å². The zero-order chi connectivity index (χ0) is 8.85. The van der Waals surface area contributed by atoms with Crippen LogP contribution in [0.1, 0.15) is 26.7 Å². The van der Waals surface area contributed by atoms with E-state index in [0.717, 1.165) is 18.4 Å². The van der Waals surface area contributed by atoms with Gasteiger partial charge in [0, 0.05) is 0 Å². The van der Waals surface area contributed by atoms with Crippen LogP contribution in [0, 0.1) is 0 Å². The summed E-state index contributed by atoms with van der Waals surface area (Å²) in [6.07, 6.45) is 3.30. The van der Waals surface area contributed by atoms with Crippen LogP contribution in [0.25, 0.3) is 0 Å². The lowest BCUT2D eigenvalue weighted by molar-refractivity contribution is 0.650. The van der Waals surface area contributed by atoms with E-state index in [-0.39, 0.29) is 5.83 Å². The minimum absolute atomic E-state index is 0.261. The van der Waals surface area contributed by atoms with Crippen molar-refractivity contribution in [2.45, 2.75) is 26.7 Å². The lowest BCUT2D eigenvalue weighted by Crippen LogP contribution is -1.79. The number of rotatable bonds is 4. The minimum Gasteiger partial charge on any atom is -0.207 e.